The number of amides is 2. The maximum atomic E-state index is 13.9. The van der Waals surface area contributed by atoms with Crippen LogP contribution in [0.2, 0.25) is 10.0 Å². The Morgan fingerprint density at radius 3 is 2.66 bits per heavy atom. The lowest BCUT2D eigenvalue weighted by atomic mass is 10.2. The van der Waals surface area contributed by atoms with E-state index >= 15 is 0 Å². The van der Waals surface area contributed by atoms with Gasteiger partial charge in [-0.2, -0.15) is 0 Å². The first-order chi connectivity index (χ1) is 13.8. The van der Waals surface area contributed by atoms with E-state index in [9.17, 15) is 14.0 Å². The van der Waals surface area contributed by atoms with Crippen LogP contribution in [0.3, 0.4) is 0 Å². The summed E-state index contributed by atoms with van der Waals surface area (Å²) in [4.78, 5) is 27.4. The molecule has 0 fully saturated rings. The molecule has 1 heterocycles. The van der Waals surface area contributed by atoms with E-state index in [0.717, 1.165) is 6.07 Å². The molecule has 29 heavy (non-hydrogen) atoms. The van der Waals surface area contributed by atoms with Gasteiger partial charge in [-0.25, -0.2) is 9.37 Å². The summed E-state index contributed by atoms with van der Waals surface area (Å²) in [7, 11) is 0. The van der Waals surface area contributed by atoms with Crippen LogP contribution in [0.15, 0.2) is 47.0 Å². The van der Waals surface area contributed by atoms with Crippen LogP contribution in [-0.2, 0) is 16.0 Å². The maximum Gasteiger partial charge on any atom is 0.224 e. The molecule has 2 aromatic carbocycles. The first-order valence-electron chi connectivity index (χ1n) is 8.59. The van der Waals surface area contributed by atoms with Crippen molar-refractivity contribution in [2.45, 2.75) is 19.8 Å². The Morgan fingerprint density at radius 2 is 1.93 bits per heavy atom. The number of nitrogens with one attached hydrogen (secondary N) is 2. The number of hydrogen-bond donors (Lipinski definition) is 2. The molecule has 0 atom stereocenters. The predicted octanol–water partition coefficient (Wildman–Crippen LogP) is 5.32. The minimum absolute atomic E-state index is 0.0257. The molecule has 0 saturated heterocycles. The van der Waals surface area contributed by atoms with E-state index in [4.69, 9.17) is 27.6 Å². The van der Waals surface area contributed by atoms with Gasteiger partial charge in [-0.05, 0) is 36.4 Å². The van der Waals surface area contributed by atoms with Gasteiger partial charge in [0, 0.05) is 36.0 Å². The molecule has 0 bridgehead atoms. The Labute approximate surface area is 176 Å². The molecule has 3 rings (SSSR count). The summed E-state index contributed by atoms with van der Waals surface area (Å²) in [5.41, 5.74) is 0.991. The number of rotatable bonds is 6. The lowest BCUT2D eigenvalue weighted by Gasteiger charge is -2.08. The van der Waals surface area contributed by atoms with Gasteiger partial charge in [0.1, 0.15) is 5.82 Å². The van der Waals surface area contributed by atoms with E-state index in [1.54, 1.807) is 18.2 Å². The van der Waals surface area contributed by atoms with Crippen LogP contribution >= 0.6 is 23.2 Å². The smallest absolute Gasteiger partial charge is 0.224 e. The number of oxazole rings is 1. The summed E-state index contributed by atoms with van der Waals surface area (Å²) >= 11 is 12.0. The molecule has 0 aliphatic carbocycles. The topological polar surface area (TPSA) is 84.2 Å². The fourth-order valence-corrected chi connectivity index (χ4v) is 3.08. The number of carbonyl (C=O) groups excluding carboxylic acids is 2. The van der Waals surface area contributed by atoms with Crippen LogP contribution in [0.5, 0.6) is 0 Å². The first-order valence-corrected chi connectivity index (χ1v) is 9.34. The van der Waals surface area contributed by atoms with Crippen LogP contribution in [0, 0.1) is 5.82 Å². The van der Waals surface area contributed by atoms with E-state index in [1.165, 1.54) is 25.3 Å². The average molecular weight is 436 g/mol. The summed E-state index contributed by atoms with van der Waals surface area (Å²) in [5.74, 6) is -0.532. The summed E-state index contributed by atoms with van der Waals surface area (Å²) in [6.07, 6.45) is 1.75. The lowest BCUT2D eigenvalue weighted by Crippen LogP contribution is -2.14. The van der Waals surface area contributed by atoms with Crippen LogP contribution in [-0.4, -0.2) is 16.8 Å². The Balaban J connectivity index is 1.62. The molecule has 0 aliphatic rings. The molecule has 0 radical (unpaired) electrons. The summed E-state index contributed by atoms with van der Waals surface area (Å²) in [6, 6.07) is 8.91. The molecule has 2 N–H and O–H groups in total. The first kappa shape index (κ1) is 20.8. The third-order valence-corrected chi connectivity index (χ3v) is 4.42. The zero-order valence-electron chi connectivity index (χ0n) is 15.3. The lowest BCUT2D eigenvalue weighted by molar-refractivity contribution is -0.116. The highest BCUT2D eigenvalue weighted by Gasteiger charge is 2.13. The van der Waals surface area contributed by atoms with Crippen LogP contribution < -0.4 is 10.6 Å². The van der Waals surface area contributed by atoms with Gasteiger partial charge in [-0.1, -0.05) is 23.2 Å². The largest absolute Gasteiger partial charge is 0.441 e. The second-order valence-corrected chi connectivity index (χ2v) is 7.01. The predicted molar refractivity (Wildman–Crippen MR) is 110 cm³/mol. The van der Waals surface area contributed by atoms with Gasteiger partial charge in [0.2, 0.25) is 11.8 Å². The van der Waals surface area contributed by atoms with Crippen molar-refractivity contribution >= 4 is 46.4 Å². The normalized spacial score (nSPS) is 10.6. The summed E-state index contributed by atoms with van der Waals surface area (Å²) < 4.78 is 19.5. The van der Waals surface area contributed by atoms with Crippen molar-refractivity contribution in [2.24, 2.45) is 0 Å². The second kappa shape index (κ2) is 9.07. The van der Waals surface area contributed by atoms with Gasteiger partial charge in [0.15, 0.2) is 11.7 Å². The molecule has 0 aliphatic heterocycles. The van der Waals surface area contributed by atoms with E-state index in [-0.39, 0.29) is 24.4 Å². The van der Waals surface area contributed by atoms with E-state index < -0.39 is 11.7 Å². The minimum atomic E-state index is -0.608. The number of carbonyl (C=O) groups is 2. The molecule has 150 valence electrons. The van der Waals surface area contributed by atoms with Crippen molar-refractivity contribution in [3.05, 3.63) is 64.3 Å². The van der Waals surface area contributed by atoms with Gasteiger partial charge < -0.3 is 15.1 Å². The number of nitrogens with zero attached hydrogens (tertiary/aromatic N) is 1. The molecule has 2 amide bonds. The van der Waals surface area contributed by atoms with E-state index in [2.05, 4.69) is 15.6 Å². The molecular weight excluding hydrogens is 420 g/mol. The third kappa shape index (κ3) is 5.56. The fraction of sp³-hybridized carbons (Fsp3) is 0.150. The van der Waals surface area contributed by atoms with E-state index in [0.29, 0.717) is 32.9 Å². The standard InChI is InChI=1S/C20H16Cl2FN3O3/c1-11(27)25-13-3-5-16(23)17(9-13)26-19(28)6-7-20-24-10-18(29-20)14-4-2-12(21)8-15(14)22/h2-5,8-10H,6-7H2,1H3,(H,25,27)(H,26,28). The number of anilines is 2. The summed E-state index contributed by atoms with van der Waals surface area (Å²) in [5, 5.41) is 5.93. The second-order valence-electron chi connectivity index (χ2n) is 6.17. The molecule has 1 aromatic heterocycles. The van der Waals surface area contributed by atoms with Crippen LogP contribution in [0.1, 0.15) is 19.2 Å². The zero-order chi connectivity index (χ0) is 21.0. The van der Waals surface area contributed by atoms with Crippen molar-refractivity contribution in [3.63, 3.8) is 0 Å². The van der Waals surface area contributed by atoms with Crippen molar-refractivity contribution in [1.29, 1.82) is 0 Å². The molecule has 0 saturated carbocycles. The third-order valence-electron chi connectivity index (χ3n) is 3.88. The van der Waals surface area contributed by atoms with Crippen molar-refractivity contribution < 1.29 is 18.4 Å². The molecule has 3 aromatic rings. The van der Waals surface area contributed by atoms with Crippen LogP contribution in [0.25, 0.3) is 11.3 Å². The number of aryl methyl sites for hydroxylation is 1. The van der Waals surface area contributed by atoms with Gasteiger partial charge in [-0.15, -0.1) is 0 Å². The number of aromatic nitrogens is 1. The number of hydrogen-bond acceptors (Lipinski definition) is 4. The highest BCUT2D eigenvalue weighted by atomic mass is 35.5. The highest BCUT2D eigenvalue weighted by molar-refractivity contribution is 6.36. The average Bonchev–Trinajstić information content (AvgIpc) is 3.11. The van der Waals surface area contributed by atoms with Gasteiger partial charge >= 0.3 is 0 Å². The zero-order valence-corrected chi connectivity index (χ0v) is 16.8. The monoisotopic (exact) mass is 435 g/mol. The molecular formula is C20H16Cl2FN3O3. The van der Waals surface area contributed by atoms with Gasteiger partial charge in [0.05, 0.1) is 16.9 Å². The molecule has 0 unspecified atom stereocenters. The quantitative estimate of drug-likeness (QED) is 0.548. The molecule has 0 spiro atoms. The Morgan fingerprint density at radius 1 is 1.14 bits per heavy atom. The number of halogens is 3. The minimum Gasteiger partial charge on any atom is -0.441 e. The van der Waals surface area contributed by atoms with Gasteiger partial charge in [-0.3, -0.25) is 9.59 Å². The van der Waals surface area contributed by atoms with E-state index in [1.807, 2.05) is 0 Å². The fourth-order valence-electron chi connectivity index (χ4n) is 2.57. The molecule has 9 heteroatoms. The van der Waals surface area contributed by atoms with Crippen molar-refractivity contribution in [3.8, 4) is 11.3 Å². The number of benzene rings is 2. The SMILES string of the molecule is CC(=O)Nc1ccc(F)c(NC(=O)CCc2ncc(-c3ccc(Cl)cc3Cl)o2)c1. The Kier molecular flexibility index (Phi) is 6.51. The molecule has 6 nitrogen and oxygen atoms in total. The summed E-state index contributed by atoms with van der Waals surface area (Å²) in [6.45, 7) is 1.34. The van der Waals surface area contributed by atoms with Crippen molar-refractivity contribution in [1.82, 2.24) is 4.98 Å². The Bertz CT molecular complexity index is 1070. The highest BCUT2D eigenvalue weighted by Crippen LogP contribution is 2.31. The van der Waals surface area contributed by atoms with Gasteiger partial charge in [0.25, 0.3) is 0 Å². The van der Waals surface area contributed by atoms with Crippen molar-refractivity contribution in [2.75, 3.05) is 10.6 Å². The Hall–Kier alpha value is -2.90. The maximum absolute atomic E-state index is 13.9. The van der Waals surface area contributed by atoms with Crippen LogP contribution in [0.4, 0.5) is 15.8 Å².